The van der Waals surface area contributed by atoms with Crippen molar-refractivity contribution in [2.24, 2.45) is 0 Å². The van der Waals surface area contributed by atoms with Crippen LogP contribution in [0.1, 0.15) is 11.6 Å². The van der Waals surface area contributed by atoms with E-state index in [1.165, 1.54) is 30.6 Å². The van der Waals surface area contributed by atoms with Gasteiger partial charge in [0.15, 0.2) is 0 Å². The van der Waals surface area contributed by atoms with E-state index in [0.717, 1.165) is 16.2 Å². The molecule has 0 saturated carbocycles. The molecule has 9 heteroatoms. The van der Waals surface area contributed by atoms with Gasteiger partial charge in [-0.05, 0) is 35.9 Å². The van der Waals surface area contributed by atoms with Crippen LogP contribution in [-0.4, -0.2) is 53.2 Å². The normalized spacial score (nSPS) is 15.7. The Labute approximate surface area is 177 Å². The maximum absolute atomic E-state index is 13.5. The van der Waals surface area contributed by atoms with Crippen molar-refractivity contribution in [2.45, 2.75) is 12.6 Å². The lowest BCUT2D eigenvalue weighted by Gasteiger charge is -2.35. The smallest absolute Gasteiger partial charge is 0.261 e. The number of nitrogens with one attached hydrogen (secondary N) is 1. The van der Waals surface area contributed by atoms with Gasteiger partial charge in [0.1, 0.15) is 18.2 Å². The largest absolute Gasteiger partial charge is 0.379 e. The first-order valence-corrected chi connectivity index (χ1v) is 10.00. The lowest BCUT2D eigenvalue weighted by molar-refractivity contribution is -0.122. The number of carbonyl (C=O) groups excluding carboxylic acids is 1. The van der Waals surface area contributed by atoms with Gasteiger partial charge in [0.25, 0.3) is 5.56 Å². The third-order valence-electron chi connectivity index (χ3n) is 5.33. The minimum absolute atomic E-state index is 0.118. The number of carbonyl (C=O) groups is 1. The summed E-state index contributed by atoms with van der Waals surface area (Å²) >= 11 is 0. The number of hydrogen-bond donors (Lipinski definition) is 1. The first kappa shape index (κ1) is 21.1. The van der Waals surface area contributed by atoms with Gasteiger partial charge in [-0.15, -0.1) is 0 Å². The molecule has 1 aromatic heterocycles. The van der Waals surface area contributed by atoms with Gasteiger partial charge >= 0.3 is 0 Å². The predicted octanol–water partition coefficient (Wildman–Crippen LogP) is 1.86. The van der Waals surface area contributed by atoms with Crippen LogP contribution in [0.15, 0.2) is 53.6 Å². The van der Waals surface area contributed by atoms with Gasteiger partial charge < -0.3 is 10.1 Å². The minimum atomic E-state index is -0.541. The highest BCUT2D eigenvalue weighted by Gasteiger charge is 2.23. The van der Waals surface area contributed by atoms with Crippen molar-refractivity contribution >= 4 is 16.8 Å². The zero-order chi connectivity index (χ0) is 21.8. The Morgan fingerprint density at radius 3 is 2.55 bits per heavy atom. The van der Waals surface area contributed by atoms with E-state index in [0.29, 0.717) is 31.8 Å². The Morgan fingerprint density at radius 2 is 1.81 bits per heavy atom. The number of hydrogen-bond acceptors (Lipinski definition) is 5. The topological polar surface area (TPSA) is 76.5 Å². The Balaban J connectivity index is 1.47. The van der Waals surface area contributed by atoms with Crippen molar-refractivity contribution in [2.75, 3.05) is 32.8 Å². The molecule has 1 saturated heterocycles. The number of nitrogens with zero attached hydrogens (tertiary/aromatic N) is 3. The summed E-state index contributed by atoms with van der Waals surface area (Å²) in [6.07, 6.45) is 1.28. The molecule has 162 valence electrons. The van der Waals surface area contributed by atoms with E-state index >= 15 is 0 Å². The molecule has 1 atom stereocenters. The van der Waals surface area contributed by atoms with E-state index in [4.69, 9.17) is 4.74 Å². The van der Waals surface area contributed by atoms with Crippen LogP contribution in [0.3, 0.4) is 0 Å². The summed E-state index contributed by atoms with van der Waals surface area (Å²) in [7, 11) is 0. The molecule has 0 aliphatic carbocycles. The molecule has 1 fully saturated rings. The molecule has 1 amide bonds. The molecule has 4 rings (SSSR count). The van der Waals surface area contributed by atoms with Gasteiger partial charge in [-0.1, -0.05) is 12.1 Å². The van der Waals surface area contributed by atoms with Crippen LogP contribution >= 0.6 is 0 Å². The van der Waals surface area contributed by atoms with Crippen LogP contribution in [0.5, 0.6) is 0 Å². The Kier molecular flexibility index (Phi) is 6.34. The van der Waals surface area contributed by atoms with Crippen LogP contribution in [0.25, 0.3) is 10.9 Å². The third-order valence-corrected chi connectivity index (χ3v) is 5.33. The molecule has 3 aromatic rings. The summed E-state index contributed by atoms with van der Waals surface area (Å²) in [5, 5.41) is 2.97. The Morgan fingerprint density at radius 1 is 1.10 bits per heavy atom. The number of aromatic nitrogens is 2. The standard InChI is InChI=1S/C22H22F2N4O3/c23-16-3-1-15(2-4-16)20(27-7-9-31-10-8-27)12-25-21(29)13-28-14-26-19-6-5-17(24)11-18(19)22(28)30/h1-6,11,14,20H,7-10,12-13H2,(H,25,29). The van der Waals surface area contributed by atoms with Crippen LogP contribution in [0.2, 0.25) is 0 Å². The molecule has 31 heavy (non-hydrogen) atoms. The van der Waals surface area contributed by atoms with Gasteiger partial charge in [-0.25, -0.2) is 13.8 Å². The number of benzene rings is 2. The summed E-state index contributed by atoms with van der Waals surface area (Å²) < 4.78 is 33.4. The van der Waals surface area contributed by atoms with Gasteiger partial charge in [-0.2, -0.15) is 0 Å². The van der Waals surface area contributed by atoms with Crippen molar-refractivity contribution in [3.8, 4) is 0 Å². The monoisotopic (exact) mass is 428 g/mol. The highest BCUT2D eigenvalue weighted by molar-refractivity contribution is 5.79. The fourth-order valence-corrected chi connectivity index (χ4v) is 3.70. The molecule has 0 bridgehead atoms. The van der Waals surface area contributed by atoms with Crippen molar-refractivity contribution in [1.29, 1.82) is 0 Å². The average Bonchev–Trinajstić information content (AvgIpc) is 2.78. The van der Waals surface area contributed by atoms with Crippen molar-refractivity contribution in [3.05, 3.63) is 76.3 Å². The van der Waals surface area contributed by atoms with Crippen LogP contribution in [-0.2, 0) is 16.1 Å². The van der Waals surface area contributed by atoms with E-state index in [2.05, 4.69) is 15.2 Å². The first-order valence-electron chi connectivity index (χ1n) is 10.00. The fourth-order valence-electron chi connectivity index (χ4n) is 3.70. The quantitative estimate of drug-likeness (QED) is 0.649. The highest BCUT2D eigenvalue weighted by atomic mass is 19.1. The summed E-state index contributed by atoms with van der Waals surface area (Å²) in [5.74, 6) is -1.24. The number of ether oxygens (including phenoxy) is 1. The highest BCUT2D eigenvalue weighted by Crippen LogP contribution is 2.21. The third kappa shape index (κ3) is 4.95. The summed E-state index contributed by atoms with van der Waals surface area (Å²) in [6.45, 7) is 2.60. The Hall–Kier alpha value is -3.17. The summed E-state index contributed by atoms with van der Waals surface area (Å²) in [6, 6.07) is 9.80. The molecule has 2 heterocycles. The molecule has 2 aromatic carbocycles. The summed E-state index contributed by atoms with van der Waals surface area (Å²) in [5.41, 5.74) is 0.762. The molecular formula is C22H22F2N4O3. The number of fused-ring (bicyclic) bond motifs is 1. The van der Waals surface area contributed by atoms with Gasteiger partial charge in [0.05, 0.1) is 36.5 Å². The maximum Gasteiger partial charge on any atom is 0.261 e. The SMILES string of the molecule is O=C(Cn1cnc2ccc(F)cc2c1=O)NCC(c1ccc(F)cc1)N1CCOCC1. The predicted molar refractivity (Wildman–Crippen MR) is 111 cm³/mol. The van der Waals surface area contributed by atoms with Gasteiger partial charge in [0.2, 0.25) is 5.91 Å². The molecule has 1 aliphatic rings. The first-order chi connectivity index (χ1) is 15.0. The van der Waals surface area contributed by atoms with Crippen molar-refractivity contribution < 1.29 is 18.3 Å². The second kappa shape index (κ2) is 9.32. The lowest BCUT2D eigenvalue weighted by Crippen LogP contribution is -2.44. The molecule has 1 N–H and O–H groups in total. The van der Waals surface area contributed by atoms with Crippen LogP contribution in [0.4, 0.5) is 8.78 Å². The van der Waals surface area contributed by atoms with Crippen LogP contribution in [0, 0.1) is 11.6 Å². The number of amides is 1. The van der Waals surface area contributed by atoms with Gasteiger partial charge in [-0.3, -0.25) is 19.1 Å². The zero-order valence-electron chi connectivity index (χ0n) is 16.8. The number of rotatable bonds is 6. The molecule has 1 unspecified atom stereocenters. The van der Waals surface area contributed by atoms with E-state index in [-0.39, 0.29) is 36.2 Å². The maximum atomic E-state index is 13.5. The molecule has 7 nitrogen and oxygen atoms in total. The second-order valence-electron chi connectivity index (χ2n) is 7.36. The van der Waals surface area contributed by atoms with E-state index in [1.54, 1.807) is 12.1 Å². The van der Waals surface area contributed by atoms with Crippen LogP contribution < -0.4 is 10.9 Å². The fraction of sp³-hybridized carbons (Fsp3) is 0.318. The number of halogens is 2. The van der Waals surface area contributed by atoms with E-state index in [1.807, 2.05) is 0 Å². The lowest BCUT2D eigenvalue weighted by atomic mass is 10.0. The average molecular weight is 428 g/mol. The number of morpholine rings is 1. The molecule has 1 aliphatic heterocycles. The molecular weight excluding hydrogens is 406 g/mol. The Bertz CT molecular complexity index is 1130. The van der Waals surface area contributed by atoms with E-state index < -0.39 is 11.4 Å². The second-order valence-corrected chi connectivity index (χ2v) is 7.36. The minimum Gasteiger partial charge on any atom is -0.379 e. The van der Waals surface area contributed by atoms with Crippen molar-refractivity contribution in [3.63, 3.8) is 0 Å². The molecule has 0 spiro atoms. The van der Waals surface area contributed by atoms with E-state index in [9.17, 15) is 18.4 Å². The zero-order valence-corrected chi connectivity index (χ0v) is 16.8. The van der Waals surface area contributed by atoms with Gasteiger partial charge in [0, 0.05) is 19.6 Å². The van der Waals surface area contributed by atoms with Crippen molar-refractivity contribution in [1.82, 2.24) is 19.8 Å². The summed E-state index contributed by atoms with van der Waals surface area (Å²) in [4.78, 5) is 31.4. The molecule has 0 radical (unpaired) electrons.